The smallest absolute Gasteiger partial charge is 0.318 e. The number of amides is 3. The summed E-state index contributed by atoms with van der Waals surface area (Å²) in [4.78, 5) is 29.3. The maximum absolute atomic E-state index is 12.9. The molecule has 152 valence electrons. The second kappa shape index (κ2) is 8.55. The summed E-state index contributed by atoms with van der Waals surface area (Å²) < 4.78 is 5.92. The molecule has 4 rings (SSSR count). The molecule has 0 radical (unpaired) electrons. The highest BCUT2D eigenvalue weighted by Gasteiger charge is 2.27. The van der Waals surface area contributed by atoms with Gasteiger partial charge < -0.3 is 19.9 Å². The summed E-state index contributed by atoms with van der Waals surface area (Å²) in [5.74, 6) is 0.802. The molecule has 0 aromatic heterocycles. The fourth-order valence-electron chi connectivity index (χ4n) is 3.87. The average molecular weight is 393 g/mol. The van der Waals surface area contributed by atoms with Gasteiger partial charge in [-0.3, -0.25) is 4.79 Å². The number of hydrogen-bond donors (Lipinski definition) is 1. The van der Waals surface area contributed by atoms with Crippen LogP contribution in [0, 0.1) is 0 Å². The van der Waals surface area contributed by atoms with Gasteiger partial charge in [0.25, 0.3) is 5.91 Å². The van der Waals surface area contributed by atoms with Crippen molar-refractivity contribution in [1.82, 2.24) is 15.1 Å². The minimum atomic E-state index is -0.130. The molecule has 1 N–H and O–H groups in total. The minimum Gasteiger partial charge on any atom is -0.491 e. The molecule has 1 saturated heterocycles. The fourth-order valence-corrected chi connectivity index (χ4v) is 3.87. The summed E-state index contributed by atoms with van der Waals surface area (Å²) in [5, 5.41) is 3.00. The molecule has 2 aliphatic rings. The quantitative estimate of drug-likeness (QED) is 0.869. The van der Waals surface area contributed by atoms with Crippen molar-refractivity contribution in [3.63, 3.8) is 0 Å². The van der Waals surface area contributed by atoms with E-state index in [2.05, 4.69) is 5.32 Å². The predicted molar refractivity (Wildman–Crippen MR) is 111 cm³/mol. The van der Waals surface area contributed by atoms with Gasteiger partial charge in [-0.2, -0.15) is 0 Å². The van der Waals surface area contributed by atoms with Gasteiger partial charge in [0.1, 0.15) is 12.4 Å². The molecule has 6 heteroatoms. The van der Waals surface area contributed by atoms with E-state index in [0.29, 0.717) is 25.3 Å². The van der Waals surface area contributed by atoms with Gasteiger partial charge in [0.15, 0.2) is 0 Å². The van der Waals surface area contributed by atoms with Crippen molar-refractivity contribution < 1.29 is 14.3 Å². The van der Waals surface area contributed by atoms with Crippen molar-refractivity contribution in [2.24, 2.45) is 0 Å². The number of carbonyl (C=O) groups is 2. The molecule has 0 aliphatic carbocycles. The molecule has 0 spiro atoms. The normalized spacial score (nSPS) is 18.6. The first-order valence-electron chi connectivity index (χ1n) is 10.3. The Morgan fingerprint density at radius 3 is 2.62 bits per heavy atom. The van der Waals surface area contributed by atoms with Crippen LogP contribution in [0.2, 0.25) is 0 Å². The lowest BCUT2D eigenvalue weighted by Gasteiger charge is -2.26. The highest BCUT2D eigenvalue weighted by atomic mass is 16.5. The standard InChI is InChI=1S/C23H27N3O3/c1-17-16-29-21-10-9-19(22(27)25-11-5-6-12-25)13-20(21)15-26(17)23(28)24-14-18-7-3-2-4-8-18/h2-4,7-10,13,17H,5-6,11-12,14-16H2,1H3,(H,24,28)/t17-/m0/s1. The zero-order valence-electron chi connectivity index (χ0n) is 16.8. The van der Waals surface area contributed by atoms with Crippen LogP contribution in [-0.2, 0) is 13.1 Å². The molecule has 1 fully saturated rings. The van der Waals surface area contributed by atoms with Crippen molar-refractivity contribution >= 4 is 11.9 Å². The maximum atomic E-state index is 12.9. The third kappa shape index (κ3) is 4.36. The maximum Gasteiger partial charge on any atom is 0.318 e. The molecule has 0 saturated carbocycles. The van der Waals surface area contributed by atoms with Crippen LogP contribution in [0.5, 0.6) is 5.75 Å². The SMILES string of the molecule is C[C@H]1COc2ccc(C(=O)N3CCCC3)cc2CN1C(=O)NCc1ccccc1. The highest BCUT2D eigenvalue weighted by Crippen LogP contribution is 2.27. The van der Waals surface area contributed by atoms with E-state index in [1.807, 2.05) is 60.4 Å². The number of nitrogens with zero attached hydrogens (tertiary/aromatic N) is 2. The molecule has 1 atom stereocenters. The molecule has 2 aliphatic heterocycles. The molecule has 3 amide bonds. The molecular weight excluding hydrogens is 366 g/mol. The first-order chi connectivity index (χ1) is 14.1. The highest BCUT2D eigenvalue weighted by molar-refractivity contribution is 5.94. The van der Waals surface area contributed by atoms with Crippen molar-refractivity contribution in [2.45, 2.75) is 38.9 Å². The van der Waals surface area contributed by atoms with E-state index in [1.165, 1.54) is 0 Å². The lowest BCUT2D eigenvalue weighted by atomic mass is 10.1. The molecule has 0 unspecified atom stereocenters. The van der Waals surface area contributed by atoms with Gasteiger partial charge in [-0.15, -0.1) is 0 Å². The Morgan fingerprint density at radius 2 is 1.86 bits per heavy atom. The number of fused-ring (bicyclic) bond motifs is 1. The number of urea groups is 1. The van der Waals surface area contributed by atoms with Gasteiger partial charge in [-0.05, 0) is 43.5 Å². The van der Waals surface area contributed by atoms with Crippen LogP contribution < -0.4 is 10.1 Å². The first kappa shape index (κ1) is 19.3. The number of nitrogens with one attached hydrogen (secondary N) is 1. The van der Waals surface area contributed by atoms with Gasteiger partial charge in [-0.1, -0.05) is 30.3 Å². The number of benzene rings is 2. The molecule has 29 heavy (non-hydrogen) atoms. The van der Waals surface area contributed by atoms with Gasteiger partial charge in [0, 0.05) is 30.8 Å². The summed E-state index contributed by atoms with van der Waals surface area (Å²) in [6, 6.07) is 15.2. The summed E-state index contributed by atoms with van der Waals surface area (Å²) >= 11 is 0. The molecule has 2 aromatic rings. The Morgan fingerprint density at radius 1 is 1.10 bits per heavy atom. The lowest BCUT2D eigenvalue weighted by molar-refractivity contribution is 0.0792. The Balaban J connectivity index is 1.49. The van der Waals surface area contributed by atoms with Gasteiger partial charge in [0.2, 0.25) is 0 Å². The van der Waals surface area contributed by atoms with Crippen LogP contribution in [0.3, 0.4) is 0 Å². The average Bonchev–Trinajstić information content (AvgIpc) is 3.24. The van der Waals surface area contributed by atoms with Crippen LogP contribution in [-0.4, -0.2) is 47.5 Å². The Labute approximate surface area is 171 Å². The summed E-state index contributed by atoms with van der Waals surface area (Å²) in [7, 11) is 0. The monoisotopic (exact) mass is 393 g/mol. The summed E-state index contributed by atoms with van der Waals surface area (Å²) in [6.45, 7) is 4.92. The molecule has 6 nitrogen and oxygen atoms in total. The zero-order valence-corrected chi connectivity index (χ0v) is 16.8. The van der Waals surface area contributed by atoms with Crippen LogP contribution >= 0.6 is 0 Å². The van der Waals surface area contributed by atoms with Crippen molar-refractivity contribution in [1.29, 1.82) is 0 Å². The van der Waals surface area contributed by atoms with Crippen LogP contribution in [0.25, 0.3) is 0 Å². The second-order valence-electron chi connectivity index (χ2n) is 7.75. The number of ether oxygens (including phenoxy) is 1. The Hall–Kier alpha value is -3.02. The number of carbonyl (C=O) groups excluding carboxylic acids is 2. The molecule has 0 bridgehead atoms. The number of rotatable bonds is 3. The van der Waals surface area contributed by atoms with Crippen LogP contribution in [0.1, 0.15) is 41.3 Å². The fraction of sp³-hybridized carbons (Fsp3) is 0.391. The molecular formula is C23H27N3O3. The largest absolute Gasteiger partial charge is 0.491 e. The van der Waals surface area contributed by atoms with Crippen molar-refractivity contribution in [3.05, 3.63) is 65.2 Å². The third-order valence-corrected chi connectivity index (χ3v) is 5.60. The van der Waals surface area contributed by atoms with Crippen molar-refractivity contribution in [3.8, 4) is 5.75 Å². The Kier molecular flexibility index (Phi) is 5.69. The number of likely N-dealkylation sites (tertiary alicyclic amines) is 1. The lowest BCUT2D eigenvalue weighted by Crippen LogP contribution is -2.45. The van der Waals surface area contributed by atoms with E-state index in [4.69, 9.17) is 4.74 Å². The zero-order chi connectivity index (χ0) is 20.2. The summed E-state index contributed by atoms with van der Waals surface area (Å²) in [5.41, 5.74) is 2.58. The number of hydrogen-bond acceptors (Lipinski definition) is 3. The van der Waals surface area contributed by atoms with E-state index in [-0.39, 0.29) is 18.0 Å². The molecule has 2 aromatic carbocycles. The third-order valence-electron chi connectivity index (χ3n) is 5.60. The van der Waals surface area contributed by atoms with E-state index >= 15 is 0 Å². The molecule has 2 heterocycles. The van der Waals surface area contributed by atoms with Gasteiger partial charge in [-0.25, -0.2) is 4.79 Å². The summed E-state index contributed by atoms with van der Waals surface area (Å²) in [6.07, 6.45) is 2.12. The van der Waals surface area contributed by atoms with E-state index in [9.17, 15) is 9.59 Å². The van der Waals surface area contributed by atoms with Gasteiger partial charge in [0.05, 0.1) is 12.6 Å². The van der Waals surface area contributed by atoms with E-state index < -0.39 is 0 Å². The minimum absolute atomic E-state index is 0.0580. The predicted octanol–water partition coefficient (Wildman–Crippen LogP) is 3.42. The van der Waals surface area contributed by atoms with Crippen molar-refractivity contribution in [2.75, 3.05) is 19.7 Å². The van der Waals surface area contributed by atoms with Crippen LogP contribution in [0.15, 0.2) is 48.5 Å². The van der Waals surface area contributed by atoms with E-state index in [1.54, 1.807) is 4.90 Å². The topological polar surface area (TPSA) is 61.9 Å². The first-order valence-corrected chi connectivity index (χ1v) is 10.3. The Bertz CT molecular complexity index is 878. The van der Waals surface area contributed by atoms with E-state index in [0.717, 1.165) is 42.8 Å². The van der Waals surface area contributed by atoms with Crippen LogP contribution in [0.4, 0.5) is 4.79 Å². The second-order valence-corrected chi connectivity index (χ2v) is 7.75. The van der Waals surface area contributed by atoms with Gasteiger partial charge >= 0.3 is 6.03 Å².